The van der Waals surface area contributed by atoms with Gasteiger partial charge in [-0.15, -0.1) is 0 Å². The van der Waals surface area contributed by atoms with Gasteiger partial charge < -0.3 is 4.90 Å². The number of halogens is 2. The van der Waals surface area contributed by atoms with Crippen molar-refractivity contribution in [3.8, 4) is 5.69 Å². The maximum atomic E-state index is 13.8. The summed E-state index contributed by atoms with van der Waals surface area (Å²) in [6.45, 7) is 4.49. The van der Waals surface area contributed by atoms with Gasteiger partial charge in [-0.3, -0.25) is 19.0 Å². The molecule has 9 heteroatoms. The van der Waals surface area contributed by atoms with Crippen molar-refractivity contribution in [3.05, 3.63) is 97.5 Å². The minimum atomic E-state index is -0.220. The molecule has 2 aromatic heterocycles. The molecule has 0 saturated carbocycles. The number of nitrogens with zero attached hydrogens (tertiary/aromatic N) is 4. The van der Waals surface area contributed by atoms with Gasteiger partial charge in [0, 0.05) is 24.1 Å². The van der Waals surface area contributed by atoms with Crippen LogP contribution < -0.4 is 5.56 Å². The summed E-state index contributed by atoms with van der Waals surface area (Å²) in [4.78, 5) is 41.9. The number of carbonyl (C=O) groups excluding carboxylic acids is 2. The van der Waals surface area contributed by atoms with E-state index >= 15 is 0 Å². The van der Waals surface area contributed by atoms with Crippen LogP contribution >= 0.6 is 23.2 Å². The topological polar surface area (TPSA) is 76.7 Å². The number of rotatable bonds is 5. The van der Waals surface area contributed by atoms with E-state index in [-0.39, 0.29) is 29.7 Å². The molecule has 36 heavy (non-hydrogen) atoms. The second-order valence-electron chi connectivity index (χ2n) is 9.32. The molecule has 0 bridgehead atoms. The van der Waals surface area contributed by atoms with Gasteiger partial charge in [0.1, 0.15) is 0 Å². The molecule has 2 aromatic carbocycles. The lowest BCUT2D eigenvalue weighted by Gasteiger charge is -2.29. The molecule has 0 unspecified atom stereocenters. The number of fused-ring (bicyclic) bond motifs is 3. The number of ketones is 1. The van der Waals surface area contributed by atoms with Gasteiger partial charge in [0.2, 0.25) is 0 Å². The van der Waals surface area contributed by atoms with Crippen LogP contribution in [0.1, 0.15) is 52.2 Å². The SMILES string of the molecule is CC(C)CC(=O)c1cnn2c3c(c(=O)n(-c4ccccc4)c12)CCN(C(=O)c1ccc(Cl)c(Cl)c1)C3. The molecule has 0 radical (unpaired) electrons. The molecule has 1 aliphatic rings. The summed E-state index contributed by atoms with van der Waals surface area (Å²) in [5, 5.41) is 5.21. The highest BCUT2D eigenvalue weighted by Crippen LogP contribution is 2.27. The fraction of sp³-hybridized carbons (Fsp3) is 0.259. The molecule has 4 aromatic rings. The minimum Gasteiger partial charge on any atom is -0.332 e. The normalized spacial score (nSPS) is 13.3. The first-order valence-electron chi connectivity index (χ1n) is 11.7. The monoisotopic (exact) mass is 522 g/mol. The Labute approximate surface area is 217 Å². The highest BCUT2D eigenvalue weighted by Gasteiger charge is 2.30. The third kappa shape index (κ3) is 4.22. The first-order chi connectivity index (χ1) is 17.3. The minimum absolute atomic E-state index is 0.0800. The first kappa shape index (κ1) is 24.3. The van der Waals surface area contributed by atoms with Crippen molar-refractivity contribution in [2.75, 3.05) is 6.54 Å². The largest absolute Gasteiger partial charge is 0.332 e. The molecule has 0 saturated heterocycles. The van der Waals surface area contributed by atoms with Crippen molar-refractivity contribution in [1.82, 2.24) is 19.1 Å². The third-order valence-corrected chi connectivity index (χ3v) is 7.09. The average Bonchev–Trinajstić information content (AvgIpc) is 3.30. The number of hydrogen-bond donors (Lipinski definition) is 0. The average molecular weight is 523 g/mol. The summed E-state index contributed by atoms with van der Waals surface area (Å²) in [5.74, 6) is -0.146. The fourth-order valence-corrected chi connectivity index (χ4v) is 4.93. The van der Waals surface area contributed by atoms with Crippen LogP contribution in [0.2, 0.25) is 10.0 Å². The Morgan fingerprint density at radius 2 is 1.81 bits per heavy atom. The van der Waals surface area contributed by atoms with Crippen LogP contribution in [0.15, 0.2) is 59.5 Å². The molecular weight excluding hydrogens is 499 g/mol. The molecule has 184 valence electrons. The van der Waals surface area contributed by atoms with Crippen molar-refractivity contribution in [2.24, 2.45) is 5.92 Å². The van der Waals surface area contributed by atoms with Crippen LogP contribution in [-0.2, 0) is 13.0 Å². The van der Waals surface area contributed by atoms with Crippen molar-refractivity contribution in [3.63, 3.8) is 0 Å². The molecule has 0 atom stereocenters. The van der Waals surface area contributed by atoms with E-state index in [0.29, 0.717) is 63.2 Å². The number of aromatic nitrogens is 3. The van der Waals surface area contributed by atoms with E-state index in [0.717, 1.165) is 0 Å². The van der Waals surface area contributed by atoms with Gasteiger partial charge in [-0.1, -0.05) is 55.2 Å². The Morgan fingerprint density at radius 1 is 1.06 bits per heavy atom. The Morgan fingerprint density at radius 3 is 2.50 bits per heavy atom. The fourth-order valence-electron chi connectivity index (χ4n) is 4.64. The predicted octanol–water partition coefficient (Wildman–Crippen LogP) is 5.22. The third-order valence-electron chi connectivity index (χ3n) is 6.36. The van der Waals surface area contributed by atoms with Gasteiger partial charge in [0.15, 0.2) is 11.4 Å². The molecule has 0 aliphatic carbocycles. The Hall–Kier alpha value is -3.42. The van der Waals surface area contributed by atoms with E-state index in [1.807, 2.05) is 44.2 Å². The Bertz CT molecular complexity index is 1560. The predicted molar refractivity (Wildman–Crippen MR) is 139 cm³/mol. The van der Waals surface area contributed by atoms with E-state index in [9.17, 15) is 14.4 Å². The molecule has 0 N–H and O–H groups in total. The number of para-hydroxylation sites is 1. The molecule has 5 rings (SSSR count). The first-order valence-corrected chi connectivity index (χ1v) is 12.5. The summed E-state index contributed by atoms with van der Waals surface area (Å²) < 4.78 is 3.21. The van der Waals surface area contributed by atoms with Gasteiger partial charge >= 0.3 is 0 Å². The Kier molecular flexibility index (Phi) is 6.45. The lowest BCUT2D eigenvalue weighted by Crippen LogP contribution is -2.41. The summed E-state index contributed by atoms with van der Waals surface area (Å²) in [6, 6.07) is 14.0. The van der Waals surface area contributed by atoms with Crippen molar-refractivity contribution in [2.45, 2.75) is 33.2 Å². The van der Waals surface area contributed by atoms with Gasteiger partial charge in [0.05, 0.1) is 39.7 Å². The zero-order valence-corrected chi connectivity index (χ0v) is 21.4. The van der Waals surface area contributed by atoms with Crippen LogP contribution in [0.4, 0.5) is 0 Å². The van der Waals surface area contributed by atoms with Crippen LogP contribution in [0.5, 0.6) is 0 Å². The van der Waals surface area contributed by atoms with Crippen LogP contribution in [-0.4, -0.2) is 37.3 Å². The maximum absolute atomic E-state index is 13.8. The standard InChI is InChI=1S/C27H24Cl2N4O3/c1-16(2)12-24(34)20-14-30-33-23-15-31(26(35)17-8-9-21(28)22(29)13-17)11-10-19(23)27(36)32(25(20)33)18-6-4-3-5-7-18/h3-9,13-14,16H,10-12,15H2,1-2H3. The summed E-state index contributed by atoms with van der Waals surface area (Å²) in [7, 11) is 0. The van der Waals surface area contributed by atoms with Crippen molar-refractivity contribution < 1.29 is 9.59 Å². The molecule has 0 spiro atoms. The second kappa shape index (κ2) is 9.56. The molecule has 1 amide bonds. The van der Waals surface area contributed by atoms with Crippen LogP contribution in [0, 0.1) is 5.92 Å². The van der Waals surface area contributed by atoms with Gasteiger partial charge in [-0.05, 0) is 42.7 Å². The number of carbonyl (C=O) groups is 2. The second-order valence-corrected chi connectivity index (χ2v) is 10.1. The molecule has 7 nitrogen and oxygen atoms in total. The molecular formula is C27H24Cl2N4O3. The highest BCUT2D eigenvalue weighted by molar-refractivity contribution is 6.42. The Balaban J connectivity index is 1.66. The van der Waals surface area contributed by atoms with Gasteiger partial charge in [-0.25, -0.2) is 4.52 Å². The van der Waals surface area contributed by atoms with Gasteiger partial charge in [-0.2, -0.15) is 5.10 Å². The smallest absolute Gasteiger partial charge is 0.261 e. The lowest BCUT2D eigenvalue weighted by atomic mass is 10.0. The zero-order valence-electron chi connectivity index (χ0n) is 19.9. The van der Waals surface area contributed by atoms with Crippen molar-refractivity contribution in [1.29, 1.82) is 0 Å². The summed E-state index contributed by atoms with van der Waals surface area (Å²) in [5.41, 5.74) is 2.85. The molecule has 1 aliphatic heterocycles. The van der Waals surface area contributed by atoms with Gasteiger partial charge in [0.25, 0.3) is 11.5 Å². The van der Waals surface area contributed by atoms with E-state index in [4.69, 9.17) is 23.2 Å². The number of Topliss-reactive ketones (excluding diaryl/α,β-unsaturated/α-hetero) is 1. The van der Waals surface area contributed by atoms with Crippen LogP contribution in [0.3, 0.4) is 0 Å². The molecule has 3 heterocycles. The quantitative estimate of drug-likeness (QED) is 0.336. The lowest BCUT2D eigenvalue weighted by molar-refractivity contribution is 0.0729. The zero-order chi connectivity index (χ0) is 25.6. The maximum Gasteiger partial charge on any atom is 0.261 e. The number of hydrogen-bond acceptors (Lipinski definition) is 4. The summed E-state index contributed by atoms with van der Waals surface area (Å²) in [6.07, 6.45) is 2.22. The number of amides is 1. The highest BCUT2D eigenvalue weighted by atomic mass is 35.5. The van der Waals surface area contributed by atoms with Crippen molar-refractivity contribution >= 4 is 40.5 Å². The van der Waals surface area contributed by atoms with E-state index in [1.54, 1.807) is 32.2 Å². The van der Waals surface area contributed by atoms with E-state index in [2.05, 4.69) is 5.10 Å². The van der Waals surface area contributed by atoms with E-state index < -0.39 is 0 Å². The molecule has 0 fully saturated rings. The van der Waals surface area contributed by atoms with E-state index in [1.165, 1.54) is 6.20 Å². The number of benzene rings is 2. The van der Waals surface area contributed by atoms with Crippen LogP contribution in [0.25, 0.3) is 11.3 Å². The summed E-state index contributed by atoms with van der Waals surface area (Å²) >= 11 is 12.1.